The normalized spacial score (nSPS) is 20.8. The number of carbonyl (C=O) groups is 2. The number of likely N-dealkylation sites (tertiary alicyclic amines) is 1. The van der Waals surface area contributed by atoms with Crippen LogP contribution in [-0.4, -0.2) is 56.7 Å². The summed E-state index contributed by atoms with van der Waals surface area (Å²) in [7, 11) is 0. The molecule has 9 heteroatoms. The molecule has 0 aromatic carbocycles. The van der Waals surface area contributed by atoms with Crippen LogP contribution in [0.15, 0.2) is 22.7 Å². The summed E-state index contributed by atoms with van der Waals surface area (Å²) in [6.45, 7) is 1.79. The van der Waals surface area contributed by atoms with E-state index < -0.39 is 18.1 Å². The van der Waals surface area contributed by atoms with Crippen LogP contribution in [0.1, 0.15) is 44.5 Å². The van der Waals surface area contributed by atoms with Crippen molar-refractivity contribution in [1.82, 2.24) is 19.9 Å². The summed E-state index contributed by atoms with van der Waals surface area (Å²) in [4.78, 5) is 33.6. The topological polar surface area (TPSA) is 99.8 Å². The molecule has 1 aliphatic heterocycles. The minimum atomic E-state index is -1.19. The first-order valence-electron chi connectivity index (χ1n) is 9.10. The molecule has 3 heterocycles. The van der Waals surface area contributed by atoms with Gasteiger partial charge in [-0.1, -0.05) is 19.8 Å². The Kier molecular flexibility index (Phi) is 6.00. The Labute approximate surface area is 155 Å². The van der Waals surface area contributed by atoms with E-state index in [2.05, 4.69) is 9.97 Å². The second kappa shape index (κ2) is 8.43. The Morgan fingerprint density at radius 2 is 2.41 bits per heavy atom. The Morgan fingerprint density at radius 1 is 1.59 bits per heavy atom. The van der Waals surface area contributed by atoms with Crippen LogP contribution in [0, 0.1) is 5.92 Å². The van der Waals surface area contributed by atoms with Crippen molar-refractivity contribution in [3.8, 4) is 0 Å². The Balaban J connectivity index is 1.84. The highest BCUT2D eigenvalue weighted by Crippen LogP contribution is 2.36. The van der Waals surface area contributed by atoms with Gasteiger partial charge >= 0.3 is 0 Å². The number of oxazole rings is 1. The third-order valence-corrected chi connectivity index (χ3v) is 4.78. The Hall–Kier alpha value is -2.55. The maximum atomic E-state index is 14.2. The quantitative estimate of drug-likeness (QED) is 0.430. The predicted molar refractivity (Wildman–Crippen MR) is 93.3 cm³/mol. The van der Waals surface area contributed by atoms with Crippen LogP contribution in [-0.2, 0) is 9.59 Å². The van der Waals surface area contributed by atoms with Gasteiger partial charge in [-0.05, 0) is 18.6 Å². The zero-order valence-corrected chi connectivity index (χ0v) is 15.1. The van der Waals surface area contributed by atoms with Gasteiger partial charge in [0, 0.05) is 12.6 Å². The Bertz CT molecular complexity index is 766. The number of unbranched alkanes of at least 4 members (excludes halogenated alkanes) is 1. The molecule has 3 atom stereocenters. The van der Waals surface area contributed by atoms with Crippen molar-refractivity contribution >= 4 is 23.5 Å². The van der Waals surface area contributed by atoms with Crippen molar-refractivity contribution < 1.29 is 23.6 Å². The van der Waals surface area contributed by atoms with Crippen LogP contribution in [0.25, 0.3) is 11.2 Å². The molecule has 27 heavy (non-hydrogen) atoms. The molecule has 0 aliphatic carbocycles. The van der Waals surface area contributed by atoms with Gasteiger partial charge in [0.05, 0.1) is 19.0 Å². The third-order valence-electron chi connectivity index (χ3n) is 4.78. The first-order chi connectivity index (χ1) is 13.0. The van der Waals surface area contributed by atoms with E-state index >= 15 is 0 Å². The van der Waals surface area contributed by atoms with Crippen LogP contribution < -0.4 is 0 Å². The molecule has 0 radical (unpaired) electrons. The lowest BCUT2D eigenvalue weighted by Crippen LogP contribution is -2.41. The molecule has 1 fully saturated rings. The number of pyridine rings is 1. The van der Waals surface area contributed by atoms with Crippen LogP contribution in [0.2, 0.25) is 0 Å². The number of amides is 2. The molecular formula is C18H23FN4O4. The molecule has 0 bridgehead atoms. The molecule has 2 amide bonds. The zero-order valence-electron chi connectivity index (χ0n) is 15.1. The Morgan fingerprint density at radius 3 is 3.11 bits per heavy atom. The number of fused-ring (bicyclic) bond motifs is 1. The number of aromatic nitrogens is 2. The molecule has 0 spiro atoms. The summed E-state index contributed by atoms with van der Waals surface area (Å²) in [5.41, 5.74) is 0.888. The molecule has 3 rings (SSSR count). The van der Waals surface area contributed by atoms with Crippen molar-refractivity contribution in [1.29, 1.82) is 0 Å². The number of nitrogens with zero attached hydrogens (tertiary/aromatic N) is 4. The van der Waals surface area contributed by atoms with E-state index in [1.54, 1.807) is 18.3 Å². The molecular weight excluding hydrogens is 355 g/mol. The first-order valence-corrected chi connectivity index (χ1v) is 9.10. The average Bonchev–Trinajstić information content (AvgIpc) is 3.27. The predicted octanol–water partition coefficient (Wildman–Crippen LogP) is 2.49. The summed E-state index contributed by atoms with van der Waals surface area (Å²) in [6, 6.07) is 2.79. The number of rotatable bonds is 8. The number of hydrogen-bond donors (Lipinski definition) is 1. The van der Waals surface area contributed by atoms with Crippen LogP contribution in [0.5, 0.6) is 0 Å². The van der Waals surface area contributed by atoms with Gasteiger partial charge in [-0.2, -0.15) is 4.98 Å². The van der Waals surface area contributed by atoms with Crippen molar-refractivity contribution in [3.05, 3.63) is 24.2 Å². The van der Waals surface area contributed by atoms with Crippen LogP contribution >= 0.6 is 0 Å². The molecule has 2 aromatic rings. The maximum absolute atomic E-state index is 14.2. The molecule has 0 unspecified atom stereocenters. The summed E-state index contributed by atoms with van der Waals surface area (Å²) in [5, 5.41) is 9.99. The number of halogens is 1. The van der Waals surface area contributed by atoms with Gasteiger partial charge in [0.1, 0.15) is 12.2 Å². The summed E-state index contributed by atoms with van der Waals surface area (Å²) < 4.78 is 19.9. The molecule has 1 N–H and O–H groups in total. The van der Waals surface area contributed by atoms with Crippen molar-refractivity contribution in [3.63, 3.8) is 0 Å². The molecule has 1 saturated heterocycles. The van der Waals surface area contributed by atoms with Crippen molar-refractivity contribution in [2.24, 2.45) is 5.92 Å². The average molecular weight is 378 g/mol. The van der Waals surface area contributed by atoms with Gasteiger partial charge in [0.15, 0.2) is 11.2 Å². The largest absolute Gasteiger partial charge is 0.437 e. The molecule has 1 aliphatic rings. The number of carbonyl (C=O) groups excluding carboxylic acids is 2. The second-order valence-corrected chi connectivity index (χ2v) is 6.78. The van der Waals surface area contributed by atoms with E-state index in [1.807, 2.05) is 6.92 Å². The zero-order chi connectivity index (χ0) is 19.4. The number of hydrogen-bond acceptors (Lipinski definition) is 6. The molecule has 2 aromatic heterocycles. The van der Waals surface area contributed by atoms with E-state index in [4.69, 9.17) is 4.42 Å². The lowest BCUT2D eigenvalue weighted by Gasteiger charge is -2.28. The van der Waals surface area contributed by atoms with E-state index in [-0.39, 0.29) is 37.7 Å². The summed E-state index contributed by atoms with van der Waals surface area (Å²) in [5.74, 6) is -0.678. The fraction of sp³-hybridized carbons (Fsp3) is 0.556. The van der Waals surface area contributed by atoms with Gasteiger partial charge in [0.2, 0.25) is 18.2 Å². The molecule has 8 nitrogen and oxygen atoms in total. The highest BCUT2D eigenvalue weighted by atomic mass is 19.1. The second-order valence-electron chi connectivity index (χ2n) is 6.78. The third kappa shape index (κ3) is 4.24. The highest BCUT2D eigenvalue weighted by Gasteiger charge is 2.41. The van der Waals surface area contributed by atoms with E-state index in [0.29, 0.717) is 22.7 Å². The number of alkyl halides is 1. The fourth-order valence-electron chi connectivity index (χ4n) is 3.44. The molecule has 0 saturated carbocycles. The highest BCUT2D eigenvalue weighted by molar-refractivity contribution is 5.80. The van der Waals surface area contributed by atoms with Gasteiger partial charge in [0.25, 0.3) is 0 Å². The molecule has 146 valence electrons. The maximum Gasteiger partial charge on any atom is 0.233 e. The van der Waals surface area contributed by atoms with Crippen LogP contribution in [0.4, 0.5) is 4.39 Å². The summed E-state index contributed by atoms with van der Waals surface area (Å²) in [6.07, 6.45) is 2.86. The van der Waals surface area contributed by atoms with E-state index in [0.717, 1.165) is 12.8 Å². The minimum Gasteiger partial charge on any atom is -0.437 e. The van der Waals surface area contributed by atoms with Crippen molar-refractivity contribution in [2.75, 3.05) is 13.1 Å². The van der Waals surface area contributed by atoms with E-state index in [1.165, 1.54) is 4.90 Å². The lowest BCUT2D eigenvalue weighted by molar-refractivity contribution is -0.157. The monoisotopic (exact) mass is 378 g/mol. The van der Waals surface area contributed by atoms with Gasteiger partial charge in [-0.15, -0.1) is 0 Å². The van der Waals surface area contributed by atoms with Gasteiger partial charge in [-0.3, -0.25) is 14.8 Å². The van der Waals surface area contributed by atoms with Gasteiger partial charge in [-0.25, -0.2) is 14.4 Å². The van der Waals surface area contributed by atoms with Crippen LogP contribution in [0.3, 0.4) is 0 Å². The minimum absolute atomic E-state index is 0.0647. The summed E-state index contributed by atoms with van der Waals surface area (Å²) >= 11 is 0. The lowest BCUT2D eigenvalue weighted by atomic mass is 9.99. The SMILES string of the molecule is CCCC[C@H](CN(O)C=O)C(=O)N1C[C@H](F)C[C@H]1c1nc2ncccc2o1. The fourth-order valence-corrected chi connectivity index (χ4v) is 3.44. The van der Waals surface area contributed by atoms with Crippen molar-refractivity contribution in [2.45, 2.75) is 44.8 Å². The van der Waals surface area contributed by atoms with E-state index in [9.17, 15) is 19.2 Å². The standard InChI is InChI=1S/C18H23FN4O4/c1-2-3-5-12(9-22(26)11-24)18(25)23-10-13(19)8-14(23)17-21-16-15(27-17)6-4-7-20-16/h4,6-7,11-14,26H,2-3,5,8-10H2,1H3/t12-,13-,14+/m1/s1. The first kappa shape index (κ1) is 19.2. The van der Waals surface area contributed by atoms with Gasteiger partial charge < -0.3 is 9.32 Å². The number of hydroxylamine groups is 2. The smallest absolute Gasteiger partial charge is 0.233 e.